The molecular weight excluding hydrogens is 1420 g/mol. The van der Waals surface area contributed by atoms with Gasteiger partial charge in [0.15, 0.2) is 11.9 Å². The fourth-order valence-corrected chi connectivity index (χ4v) is 13.7. The standard InChI is InChI=1S/C69H108N22O16S/c1-39(2)32-47(85-57(96)43(17-9-26-76-68(71)72)82-63(102)52-20-12-29-90(52)65(104)45(18-10-27-77-69(73)74)83-58(97)44-22-23-54(93)80-44)59(98)88-50(37-92)61(100)86-48(34-41-35-75-38-79-41)60(99)81-42(16-7-8-25-70)56(95)78-36-55(94)89-28-11-19-51(89)62(101)84-46(24-31-108-3)66(105)91-30-13-21-53(91)64(103)87-49(67(106)107)33-40-14-5-4-6-15-40/h4-6,14-15,35,38-39,42-53,92H,7-13,16-34,36-37,70H2,1-3H3,(H,75,79)(H,78,95)(H,80,93)(H,81,99)(H,82,102)(H,83,97)(H,84,101)(H,85,96)(H,86,100)(H,87,103)(H,88,98)(H,106,107)(H4,71,72,76)(H4,73,74,77)/t42-,43-,44?,45-,46-,47-,48-,49-,50-,51-,52-,53-/m0/s1. The Labute approximate surface area is 630 Å². The molecule has 4 aliphatic rings. The molecule has 6 rings (SSSR count). The lowest BCUT2D eigenvalue weighted by Gasteiger charge is -2.31. The van der Waals surface area contributed by atoms with Gasteiger partial charge in [0.05, 0.1) is 19.5 Å². The van der Waals surface area contributed by atoms with E-state index < -0.39 is 163 Å². The number of benzene rings is 1. The number of carbonyl (C=O) groups excluding carboxylic acids is 13. The number of nitrogens with one attached hydrogen (secondary N) is 11. The van der Waals surface area contributed by atoms with Crippen LogP contribution in [-0.4, -0.2) is 266 Å². The zero-order valence-electron chi connectivity index (χ0n) is 61.4. The van der Waals surface area contributed by atoms with Crippen LogP contribution >= 0.6 is 11.8 Å². The van der Waals surface area contributed by atoms with Crippen LogP contribution in [0.2, 0.25) is 0 Å². The minimum Gasteiger partial charge on any atom is -0.480 e. The molecule has 0 spiro atoms. The van der Waals surface area contributed by atoms with Crippen LogP contribution in [0.1, 0.15) is 134 Å². The van der Waals surface area contributed by atoms with E-state index in [1.807, 2.05) is 6.26 Å². The quantitative estimate of drug-likeness (QED) is 0.0167. The Morgan fingerprint density at radius 1 is 0.583 bits per heavy atom. The number of H-pyrrole nitrogens is 1. The van der Waals surface area contributed by atoms with Crippen LogP contribution < -0.4 is 81.8 Å². The maximum Gasteiger partial charge on any atom is 0.326 e. The molecule has 0 aliphatic carbocycles. The summed E-state index contributed by atoms with van der Waals surface area (Å²) in [5.74, 6) is -10.9. The van der Waals surface area contributed by atoms with Crippen LogP contribution in [0, 0.1) is 5.92 Å². The number of carbonyl (C=O) groups is 14. The van der Waals surface area contributed by atoms with Gasteiger partial charge in [0.25, 0.3) is 0 Å². The lowest BCUT2D eigenvalue weighted by atomic mass is 10.0. The van der Waals surface area contributed by atoms with Gasteiger partial charge in [-0.15, -0.1) is 0 Å². The number of carboxylic acids is 1. The maximum absolute atomic E-state index is 14.5. The van der Waals surface area contributed by atoms with Gasteiger partial charge in [0, 0.05) is 63.9 Å². The number of rotatable bonds is 44. The van der Waals surface area contributed by atoms with Crippen molar-refractivity contribution in [2.45, 2.75) is 208 Å². The highest BCUT2D eigenvalue weighted by molar-refractivity contribution is 7.98. The van der Waals surface area contributed by atoms with Gasteiger partial charge in [-0.05, 0) is 133 Å². The summed E-state index contributed by atoms with van der Waals surface area (Å²) in [5.41, 5.74) is 29.0. The van der Waals surface area contributed by atoms with Crippen molar-refractivity contribution in [3.8, 4) is 0 Å². The maximum atomic E-state index is 14.5. The number of guanidine groups is 2. The van der Waals surface area contributed by atoms with Crippen LogP contribution in [0.4, 0.5) is 0 Å². The number of hydrogen-bond acceptors (Lipinski definition) is 20. The molecule has 4 aliphatic heterocycles. The second kappa shape index (κ2) is 44.2. The van der Waals surface area contributed by atoms with E-state index in [1.165, 1.54) is 39.0 Å². The van der Waals surface area contributed by atoms with E-state index in [0.717, 1.165) is 0 Å². The van der Waals surface area contributed by atoms with E-state index in [0.29, 0.717) is 49.1 Å². The van der Waals surface area contributed by atoms with E-state index in [-0.39, 0.29) is 153 Å². The number of hydrogen-bond donors (Lipinski definition) is 18. The summed E-state index contributed by atoms with van der Waals surface area (Å²) in [6.07, 6.45) is 7.59. The zero-order valence-corrected chi connectivity index (χ0v) is 62.3. The largest absolute Gasteiger partial charge is 0.480 e. The van der Waals surface area contributed by atoms with Crippen molar-refractivity contribution >= 4 is 106 Å². The van der Waals surface area contributed by atoms with Crippen LogP contribution in [0.15, 0.2) is 52.8 Å². The Balaban J connectivity index is 1.10. The third kappa shape index (κ3) is 27.2. The van der Waals surface area contributed by atoms with E-state index in [9.17, 15) is 77.3 Å². The molecule has 0 bridgehead atoms. The lowest BCUT2D eigenvalue weighted by molar-refractivity contribution is -0.145. The SMILES string of the molecule is CSCC[C@H](NC(=O)[C@@H]1CCCN1C(=O)CNC(=O)[C@H](CCCCN)NC(=O)[C@H](Cc1cnc[nH]1)NC(=O)[C@H](CO)NC(=O)[C@H](CC(C)C)NC(=O)[C@H](CCCN=C(N)N)NC(=O)[C@@H]1CCCN1C(=O)[C@H](CCCN=C(N)N)NC(=O)C1CCC(=O)N1)C(=O)N1CCC[C@H]1C(=O)N[C@@H](Cc1ccccc1)C(=O)O. The van der Waals surface area contributed by atoms with Gasteiger partial charge in [-0.2, -0.15) is 11.8 Å². The number of imidazole rings is 1. The van der Waals surface area contributed by atoms with Crippen molar-refractivity contribution < 1.29 is 77.3 Å². The van der Waals surface area contributed by atoms with E-state index in [1.54, 1.807) is 44.2 Å². The number of aliphatic hydroxyl groups is 1. The molecule has 39 heteroatoms. The highest BCUT2D eigenvalue weighted by Crippen LogP contribution is 2.25. The molecule has 23 N–H and O–H groups in total. The fraction of sp³-hybridized carbons (Fsp3) is 0.638. The predicted molar refractivity (Wildman–Crippen MR) is 396 cm³/mol. The average molecular weight is 1530 g/mol. The number of amides is 13. The first-order valence-electron chi connectivity index (χ1n) is 36.7. The Morgan fingerprint density at radius 3 is 1.61 bits per heavy atom. The van der Waals surface area contributed by atoms with E-state index >= 15 is 0 Å². The van der Waals surface area contributed by atoms with Crippen LogP contribution in [0.5, 0.6) is 0 Å². The van der Waals surface area contributed by atoms with Crippen LogP contribution in [0.25, 0.3) is 0 Å². The summed E-state index contributed by atoms with van der Waals surface area (Å²) in [6, 6.07) is -6.32. The van der Waals surface area contributed by atoms with Gasteiger partial charge in [0.1, 0.15) is 72.5 Å². The number of unbranched alkanes of at least 4 members (excludes halogenated alkanes) is 1. The third-order valence-corrected chi connectivity index (χ3v) is 19.5. The number of carboxylic acid groups (broad SMARTS) is 1. The molecule has 12 atom stereocenters. The van der Waals surface area contributed by atoms with Crippen molar-refractivity contribution in [2.75, 3.05) is 64.4 Å². The Hall–Kier alpha value is -10.2. The van der Waals surface area contributed by atoms with Crippen molar-refractivity contribution in [1.29, 1.82) is 0 Å². The molecule has 596 valence electrons. The number of nitrogens with two attached hydrogens (primary N) is 5. The number of nitrogens with zero attached hydrogens (tertiary/aromatic N) is 6. The van der Waals surface area contributed by atoms with Gasteiger partial charge in [-0.1, -0.05) is 44.2 Å². The smallest absolute Gasteiger partial charge is 0.326 e. The van der Waals surface area contributed by atoms with E-state index in [4.69, 9.17) is 28.7 Å². The second-order valence-electron chi connectivity index (χ2n) is 27.6. The molecular formula is C69H108N22O16S. The molecule has 1 aromatic heterocycles. The Kier molecular flexibility index (Phi) is 35.5. The Bertz CT molecular complexity index is 3470. The number of aliphatic imine (C=N–C) groups is 2. The van der Waals surface area contributed by atoms with E-state index in [2.05, 4.69) is 73.1 Å². The predicted octanol–water partition coefficient (Wildman–Crippen LogP) is -5.45. The first kappa shape index (κ1) is 86.7. The molecule has 0 radical (unpaired) electrons. The van der Waals surface area contributed by atoms with Crippen molar-refractivity contribution in [2.24, 2.45) is 44.6 Å². The minimum absolute atomic E-state index is 0.00585. The monoisotopic (exact) mass is 1530 g/mol. The summed E-state index contributed by atoms with van der Waals surface area (Å²) in [4.78, 5) is 213. The third-order valence-electron chi connectivity index (χ3n) is 18.9. The molecule has 0 saturated carbocycles. The van der Waals surface area contributed by atoms with Crippen LogP contribution in [-0.2, 0) is 80.0 Å². The summed E-state index contributed by atoms with van der Waals surface area (Å²) >= 11 is 1.42. The molecule has 2 aromatic rings. The van der Waals surface area contributed by atoms with Crippen molar-refractivity contribution in [3.05, 3.63) is 54.1 Å². The number of thioether (sulfide) groups is 1. The van der Waals surface area contributed by atoms with Gasteiger partial charge < -0.3 is 112 Å². The summed E-state index contributed by atoms with van der Waals surface area (Å²) in [5, 5.41) is 47.1. The number of aromatic nitrogens is 2. The van der Waals surface area contributed by atoms with Gasteiger partial charge >= 0.3 is 5.97 Å². The fourth-order valence-electron chi connectivity index (χ4n) is 13.3. The summed E-state index contributed by atoms with van der Waals surface area (Å²) in [7, 11) is 0. The molecule has 4 fully saturated rings. The molecule has 5 heterocycles. The first-order valence-corrected chi connectivity index (χ1v) is 38.1. The summed E-state index contributed by atoms with van der Waals surface area (Å²) < 4.78 is 0. The molecule has 1 aromatic carbocycles. The zero-order chi connectivity index (χ0) is 79.0. The Morgan fingerprint density at radius 2 is 1.07 bits per heavy atom. The first-order chi connectivity index (χ1) is 51.6. The highest BCUT2D eigenvalue weighted by atomic mass is 32.2. The van der Waals surface area contributed by atoms with Gasteiger partial charge in [0.2, 0.25) is 76.8 Å². The topological polar surface area (TPSA) is 593 Å². The number of aliphatic hydroxyl groups excluding tert-OH is 1. The molecule has 1 unspecified atom stereocenters. The lowest BCUT2D eigenvalue weighted by Crippen LogP contribution is -2.61. The van der Waals surface area contributed by atoms with Gasteiger partial charge in [-0.25, -0.2) is 9.78 Å². The average Bonchev–Trinajstić information content (AvgIpc) is 1.65. The van der Waals surface area contributed by atoms with Crippen LogP contribution in [0.3, 0.4) is 0 Å². The van der Waals surface area contributed by atoms with Crippen molar-refractivity contribution in [3.63, 3.8) is 0 Å². The molecule has 38 nitrogen and oxygen atoms in total. The molecule has 4 saturated heterocycles. The minimum atomic E-state index is -1.77. The van der Waals surface area contributed by atoms with Gasteiger partial charge in [-0.3, -0.25) is 72.3 Å². The highest BCUT2D eigenvalue weighted by Gasteiger charge is 2.44. The number of likely N-dealkylation sites (tertiary alicyclic amines) is 3. The summed E-state index contributed by atoms with van der Waals surface area (Å²) in [6.45, 7) is 2.58. The van der Waals surface area contributed by atoms with Crippen molar-refractivity contribution in [1.82, 2.24) is 77.8 Å². The number of aromatic amines is 1. The normalized spacial score (nSPS) is 19.0. The second-order valence-corrected chi connectivity index (χ2v) is 28.6. The number of aliphatic carboxylic acids is 1. The molecule has 13 amide bonds. The molecule has 108 heavy (non-hydrogen) atoms.